The molecule has 1 N–H and O–H groups in total. The molecule has 1 heterocycles. The summed E-state index contributed by atoms with van der Waals surface area (Å²) in [6.45, 7) is 3.12. The summed E-state index contributed by atoms with van der Waals surface area (Å²) in [5.74, 6) is 0.0389. The standard InChI is InChI=1S/C18H20N2O2/c1-13-7-9-14(10-8-13)17-19-16-6-4-3-5-15(16)18(21)20(17)11-12-22-2/h3-10,17,19H,11-12H2,1-2H3/t17-/m1/s1. The van der Waals surface area contributed by atoms with E-state index in [1.807, 2.05) is 29.2 Å². The van der Waals surface area contributed by atoms with Crippen molar-refractivity contribution in [2.75, 3.05) is 25.6 Å². The van der Waals surface area contributed by atoms with Crippen molar-refractivity contribution in [1.29, 1.82) is 0 Å². The summed E-state index contributed by atoms with van der Waals surface area (Å²) in [5, 5.41) is 3.47. The lowest BCUT2D eigenvalue weighted by Gasteiger charge is -2.38. The number of fused-ring (bicyclic) bond motifs is 1. The highest BCUT2D eigenvalue weighted by molar-refractivity contribution is 6.01. The van der Waals surface area contributed by atoms with Crippen LogP contribution in [0.3, 0.4) is 0 Å². The summed E-state index contributed by atoms with van der Waals surface area (Å²) in [5.41, 5.74) is 3.87. The molecule has 4 heteroatoms. The zero-order chi connectivity index (χ0) is 15.5. The molecule has 22 heavy (non-hydrogen) atoms. The van der Waals surface area contributed by atoms with Gasteiger partial charge in [-0.05, 0) is 24.6 Å². The molecule has 0 unspecified atom stereocenters. The molecule has 1 aliphatic rings. The Morgan fingerprint density at radius 1 is 1.14 bits per heavy atom. The number of hydrogen-bond donors (Lipinski definition) is 1. The van der Waals surface area contributed by atoms with Crippen LogP contribution in [0.25, 0.3) is 0 Å². The Balaban J connectivity index is 1.99. The third-order valence-corrected chi connectivity index (χ3v) is 3.95. The van der Waals surface area contributed by atoms with Crippen LogP contribution in [0.15, 0.2) is 48.5 Å². The summed E-state index contributed by atoms with van der Waals surface area (Å²) < 4.78 is 5.16. The average Bonchev–Trinajstić information content (AvgIpc) is 2.55. The van der Waals surface area contributed by atoms with Crippen molar-refractivity contribution in [3.05, 3.63) is 65.2 Å². The van der Waals surface area contributed by atoms with Gasteiger partial charge < -0.3 is 15.0 Å². The molecule has 2 aromatic rings. The first kappa shape index (κ1) is 14.6. The van der Waals surface area contributed by atoms with Crippen LogP contribution in [0.4, 0.5) is 5.69 Å². The maximum absolute atomic E-state index is 12.8. The molecule has 1 aliphatic heterocycles. The van der Waals surface area contributed by atoms with E-state index in [-0.39, 0.29) is 12.1 Å². The zero-order valence-corrected chi connectivity index (χ0v) is 12.9. The molecular formula is C18H20N2O2. The minimum atomic E-state index is -0.168. The van der Waals surface area contributed by atoms with E-state index in [1.54, 1.807) is 7.11 Å². The molecule has 0 bridgehead atoms. The largest absolute Gasteiger partial charge is 0.383 e. The number of benzene rings is 2. The Bertz CT molecular complexity index is 667. The van der Waals surface area contributed by atoms with Crippen LogP contribution < -0.4 is 5.32 Å². The zero-order valence-electron chi connectivity index (χ0n) is 12.9. The predicted molar refractivity (Wildman–Crippen MR) is 86.9 cm³/mol. The number of hydrogen-bond acceptors (Lipinski definition) is 3. The number of anilines is 1. The van der Waals surface area contributed by atoms with E-state index in [2.05, 4.69) is 36.5 Å². The van der Waals surface area contributed by atoms with Gasteiger partial charge in [0.05, 0.1) is 12.2 Å². The maximum Gasteiger partial charge on any atom is 0.257 e. The Morgan fingerprint density at radius 2 is 1.86 bits per heavy atom. The Morgan fingerprint density at radius 3 is 2.59 bits per heavy atom. The first-order valence-corrected chi connectivity index (χ1v) is 7.43. The highest BCUT2D eigenvalue weighted by Crippen LogP contribution is 2.32. The molecule has 0 radical (unpaired) electrons. The third-order valence-electron chi connectivity index (χ3n) is 3.95. The lowest BCUT2D eigenvalue weighted by molar-refractivity contribution is 0.0609. The molecule has 114 valence electrons. The second-order valence-electron chi connectivity index (χ2n) is 5.49. The van der Waals surface area contributed by atoms with Crippen LogP contribution in [0.1, 0.15) is 27.7 Å². The van der Waals surface area contributed by atoms with Crippen LogP contribution in [0.2, 0.25) is 0 Å². The number of ether oxygens (including phenoxy) is 1. The van der Waals surface area contributed by atoms with E-state index < -0.39 is 0 Å². The fourth-order valence-corrected chi connectivity index (χ4v) is 2.72. The summed E-state index contributed by atoms with van der Waals surface area (Å²) in [6.07, 6.45) is -0.168. The second kappa shape index (κ2) is 6.20. The maximum atomic E-state index is 12.8. The Hall–Kier alpha value is -2.33. The first-order valence-electron chi connectivity index (χ1n) is 7.43. The number of nitrogens with zero attached hydrogens (tertiary/aromatic N) is 1. The monoisotopic (exact) mass is 296 g/mol. The summed E-state index contributed by atoms with van der Waals surface area (Å²) in [4.78, 5) is 14.6. The number of methoxy groups -OCH3 is 1. The molecule has 4 nitrogen and oxygen atoms in total. The van der Waals surface area contributed by atoms with Gasteiger partial charge in [0.2, 0.25) is 0 Å². The molecule has 0 aliphatic carbocycles. The fraction of sp³-hybridized carbons (Fsp3) is 0.278. The summed E-state index contributed by atoms with van der Waals surface area (Å²) >= 11 is 0. The van der Waals surface area contributed by atoms with Gasteiger partial charge in [-0.1, -0.05) is 42.0 Å². The molecular weight excluding hydrogens is 276 g/mol. The highest BCUT2D eigenvalue weighted by Gasteiger charge is 2.32. The number of carbonyl (C=O) groups excluding carboxylic acids is 1. The van der Waals surface area contributed by atoms with Gasteiger partial charge in [0.1, 0.15) is 6.17 Å². The first-order chi connectivity index (χ1) is 10.7. The molecule has 3 rings (SSSR count). The van der Waals surface area contributed by atoms with Gasteiger partial charge in [-0.25, -0.2) is 0 Å². The molecule has 1 amide bonds. The molecule has 0 saturated carbocycles. The average molecular weight is 296 g/mol. The minimum absolute atomic E-state index is 0.0389. The second-order valence-corrected chi connectivity index (χ2v) is 5.49. The van der Waals surface area contributed by atoms with Crippen molar-refractivity contribution >= 4 is 11.6 Å². The van der Waals surface area contributed by atoms with E-state index in [0.717, 1.165) is 11.3 Å². The van der Waals surface area contributed by atoms with Crippen LogP contribution in [0.5, 0.6) is 0 Å². The van der Waals surface area contributed by atoms with Gasteiger partial charge in [0, 0.05) is 19.3 Å². The van der Waals surface area contributed by atoms with Crippen molar-refractivity contribution in [3.63, 3.8) is 0 Å². The number of amides is 1. The van der Waals surface area contributed by atoms with Crippen LogP contribution in [-0.2, 0) is 4.74 Å². The van der Waals surface area contributed by atoms with E-state index in [1.165, 1.54) is 5.56 Å². The third kappa shape index (κ3) is 2.70. The number of nitrogens with one attached hydrogen (secondary N) is 1. The van der Waals surface area contributed by atoms with E-state index in [0.29, 0.717) is 18.7 Å². The lowest BCUT2D eigenvalue weighted by atomic mass is 10.0. The molecule has 0 aromatic heterocycles. The quantitative estimate of drug-likeness (QED) is 0.942. The Labute approximate surface area is 130 Å². The van der Waals surface area contributed by atoms with Crippen molar-refractivity contribution < 1.29 is 9.53 Å². The van der Waals surface area contributed by atoms with Gasteiger partial charge in [-0.15, -0.1) is 0 Å². The van der Waals surface area contributed by atoms with Crippen LogP contribution in [0, 0.1) is 6.92 Å². The molecule has 0 spiro atoms. The van der Waals surface area contributed by atoms with Crippen molar-refractivity contribution in [1.82, 2.24) is 4.90 Å². The Kier molecular flexibility index (Phi) is 4.11. The molecule has 1 atom stereocenters. The van der Waals surface area contributed by atoms with E-state index >= 15 is 0 Å². The topological polar surface area (TPSA) is 41.6 Å². The number of carbonyl (C=O) groups is 1. The molecule has 0 fully saturated rings. The number of aryl methyl sites for hydroxylation is 1. The summed E-state index contributed by atoms with van der Waals surface area (Å²) in [6, 6.07) is 15.9. The van der Waals surface area contributed by atoms with Gasteiger partial charge >= 0.3 is 0 Å². The normalized spacial score (nSPS) is 17.1. The van der Waals surface area contributed by atoms with Crippen molar-refractivity contribution in [2.45, 2.75) is 13.1 Å². The summed E-state index contributed by atoms with van der Waals surface area (Å²) in [7, 11) is 1.65. The number of rotatable bonds is 4. The number of para-hydroxylation sites is 1. The van der Waals surface area contributed by atoms with Crippen molar-refractivity contribution in [2.24, 2.45) is 0 Å². The smallest absolute Gasteiger partial charge is 0.257 e. The van der Waals surface area contributed by atoms with Gasteiger partial charge in [0.15, 0.2) is 0 Å². The predicted octanol–water partition coefficient (Wildman–Crippen LogP) is 3.21. The highest BCUT2D eigenvalue weighted by atomic mass is 16.5. The van der Waals surface area contributed by atoms with Gasteiger partial charge in [-0.2, -0.15) is 0 Å². The SMILES string of the molecule is COCCN1C(=O)c2ccccc2N[C@H]1c1ccc(C)cc1. The van der Waals surface area contributed by atoms with Gasteiger partial charge in [0.25, 0.3) is 5.91 Å². The molecule has 0 saturated heterocycles. The van der Waals surface area contributed by atoms with E-state index in [9.17, 15) is 4.79 Å². The van der Waals surface area contributed by atoms with E-state index in [4.69, 9.17) is 4.74 Å². The van der Waals surface area contributed by atoms with Crippen molar-refractivity contribution in [3.8, 4) is 0 Å². The van der Waals surface area contributed by atoms with Crippen LogP contribution >= 0.6 is 0 Å². The van der Waals surface area contributed by atoms with Gasteiger partial charge in [-0.3, -0.25) is 4.79 Å². The molecule has 2 aromatic carbocycles. The minimum Gasteiger partial charge on any atom is -0.383 e. The lowest BCUT2D eigenvalue weighted by Crippen LogP contribution is -2.44. The fourth-order valence-electron chi connectivity index (χ4n) is 2.72. The van der Waals surface area contributed by atoms with Crippen LogP contribution in [-0.4, -0.2) is 31.1 Å².